The second-order valence-electron chi connectivity index (χ2n) is 5.68. The number of H-pyrrole nitrogens is 1. The summed E-state index contributed by atoms with van der Waals surface area (Å²) in [6.07, 6.45) is 2.65. The normalized spacial score (nSPS) is 18.8. The molecule has 1 fully saturated rings. The van der Waals surface area contributed by atoms with Crippen LogP contribution in [0.15, 0.2) is 43.3 Å². The van der Waals surface area contributed by atoms with E-state index in [2.05, 4.69) is 26.2 Å². The van der Waals surface area contributed by atoms with Gasteiger partial charge in [0.25, 0.3) is 15.6 Å². The van der Waals surface area contributed by atoms with Crippen molar-refractivity contribution in [3.05, 3.63) is 44.6 Å². The van der Waals surface area contributed by atoms with Crippen molar-refractivity contribution < 1.29 is 13.2 Å². The van der Waals surface area contributed by atoms with Gasteiger partial charge in [0.15, 0.2) is 0 Å². The van der Waals surface area contributed by atoms with Crippen LogP contribution in [0.1, 0.15) is 12.8 Å². The van der Waals surface area contributed by atoms with Gasteiger partial charge in [0.05, 0.1) is 5.92 Å². The lowest BCUT2D eigenvalue weighted by Gasteiger charge is -2.30. The van der Waals surface area contributed by atoms with Crippen LogP contribution in [0.4, 0.5) is 5.69 Å². The molecule has 0 aromatic carbocycles. The molecule has 10 heteroatoms. The first-order chi connectivity index (χ1) is 11.9. The summed E-state index contributed by atoms with van der Waals surface area (Å²) in [7, 11) is -3.58. The summed E-state index contributed by atoms with van der Waals surface area (Å²) in [5.74, 6) is -0.850. The molecule has 7 nitrogen and oxygen atoms in total. The van der Waals surface area contributed by atoms with Crippen molar-refractivity contribution >= 4 is 48.9 Å². The van der Waals surface area contributed by atoms with E-state index in [-0.39, 0.29) is 22.3 Å². The Morgan fingerprint density at radius 3 is 2.96 bits per heavy atom. The minimum absolute atomic E-state index is 0.109. The number of nitrogens with one attached hydrogen (secondary N) is 2. The topological polar surface area (TPSA) is 99.3 Å². The minimum atomic E-state index is -3.58. The predicted octanol–water partition coefficient (Wildman–Crippen LogP) is 2.24. The van der Waals surface area contributed by atoms with E-state index in [9.17, 15) is 18.0 Å². The van der Waals surface area contributed by atoms with Crippen molar-refractivity contribution in [2.75, 3.05) is 18.4 Å². The van der Waals surface area contributed by atoms with Crippen molar-refractivity contribution in [2.45, 2.75) is 17.1 Å². The fourth-order valence-electron chi connectivity index (χ4n) is 2.70. The first-order valence-corrected chi connectivity index (χ1v) is 10.7. The monoisotopic (exact) mass is 445 g/mol. The molecule has 2 N–H and O–H groups in total. The molecular weight excluding hydrogens is 430 g/mol. The van der Waals surface area contributed by atoms with Crippen LogP contribution in [-0.2, 0) is 14.8 Å². The van der Waals surface area contributed by atoms with Gasteiger partial charge in [-0.1, -0.05) is 6.07 Å². The van der Waals surface area contributed by atoms with Crippen LogP contribution in [0.2, 0.25) is 0 Å². The Balaban J connectivity index is 1.74. The maximum absolute atomic E-state index is 12.6. The number of piperidine rings is 1. The van der Waals surface area contributed by atoms with E-state index in [1.54, 1.807) is 17.5 Å². The smallest absolute Gasteiger partial charge is 0.271 e. The van der Waals surface area contributed by atoms with Crippen LogP contribution in [0.3, 0.4) is 0 Å². The number of hydrogen-bond acceptors (Lipinski definition) is 5. The number of anilines is 1. The molecule has 1 unspecified atom stereocenters. The number of carbonyl (C=O) groups is 1. The second kappa shape index (κ2) is 7.40. The fourth-order valence-corrected chi connectivity index (χ4v) is 5.71. The quantitative estimate of drug-likeness (QED) is 0.753. The highest BCUT2D eigenvalue weighted by Crippen LogP contribution is 2.27. The zero-order chi connectivity index (χ0) is 18.0. The number of pyridine rings is 1. The van der Waals surface area contributed by atoms with Gasteiger partial charge in [0, 0.05) is 23.8 Å². The molecule has 3 heterocycles. The fraction of sp³-hybridized carbons (Fsp3) is 0.333. The lowest BCUT2D eigenvalue weighted by molar-refractivity contribution is -0.120. The average molecular weight is 446 g/mol. The highest BCUT2D eigenvalue weighted by Gasteiger charge is 2.34. The molecule has 2 aromatic rings. The Bertz CT molecular complexity index is 925. The number of aromatic nitrogens is 1. The number of nitrogens with zero attached hydrogens (tertiary/aromatic N) is 1. The largest absolute Gasteiger partial charge is 0.326 e. The third-order valence-corrected chi connectivity index (χ3v) is 7.67. The zero-order valence-electron chi connectivity index (χ0n) is 13.1. The van der Waals surface area contributed by atoms with E-state index >= 15 is 0 Å². The summed E-state index contributed by atoms with van der Waals surface area (Å²) >= 11 is 4.39. The Morgan fingerprint density at radius 1 is 1.44 bits per heavy atom. The van der Waals surface area contributed by atoms with E-state index in [0.29, 0.717) is 23.9 Å². The minimum Gasteiger partial charge on any atom is -0.326 e. The summed E-state index contributed by atoms with van der Waals surface area (Å²) in [4.78, 5) is 26.8. The maximum Gasteiger partial charge on any atom is 0.271 e. The number of carbonyl (C=O) groups excluding carboxylic acids is 1. The van der Waals surface area contributed by atoms with E-state index in [4.69, 9.17) is 0 Å². The molecule has 1 amide bonds. The summed E-state index contributed by atoms with van der Waals surface area (Å²) in [6.45, 7) is 0.499. The number of amides is 1. The van der Waals surface area contributed by atoms with Crippen LogP contribution < -0.4 is 10.9 Å². The lowest BCUT2D eigenvalue weighted by atomic mass is 9.99. The molecule has 134 valence electrons. The molecule has 3 rings (SSSR count). The summed E-state index contributed by atoms with van der Waals surface area (Å²) in [5.41, 5.74) is -0.270. The molecule has 0 radical (unpaired) electrons. The van der Waals surface area contributed by atoms with Crippen LogP contribution >= 0.6 is 27.3 Å². The number of sulfonamides is 1. The van der Waals surface area contributed by atoms with Crippen molar-refractivity contribution in [3.8, 4) is 0 Å². The third-order valence-electron chi connectivity index (χ3n) is 3.97. The summed E-state index contributed by atoms with van der Waals surface area (Å²) < 4.78 is 27.5. The zero-order valence-corrected chi connectivity index (χ0v) is 16.3. The van der Waals surface area contributed by atoms with Crippen molar-refractivity contribution in [3.63, 3.8) is 0 Å². The number of hydrogen-bond donors (Lipinski definition) is 2. The molecule has 1 aliphatic rings. The van der Waals surface area contributed by atoms with E-state index < -0.39 is 21.5 Å². The Hall–Kier alpha value is -1.49. The molecule has 1 atom stereocenters. The van der Waals surface area contributed by atoms with Crippen LogP contribution in [-0.4, -0.2) is 36.7 Å². The van der Waals surface area contributed by atoms with Gasteiger partial charge in [0.1, 0.15) is 9.90 Å². The third kappa shape index (κ3) is 4.02. The van der Waals surface area contributed by atoms with Crippen molar-refractivity contribution in [2.24, 2.45) is 5.92 Å². The number of halogens is 1. The van der Waals surface area contributed by atoms with Gasteiger partial charge in [-0.2, -0.15) is 4.31 Å². The first kappa shape index (κ1) is 18.3. The predicted molar refractivity (Wildman–Crippen MR) is 99.2 cm³/mol. The molecule has 25 heavy (non-hydrogen) atoms. The molecule has 1 aliphatic heterocycles. The first-order valence-electron chi connectivity index (χ1n) is 7.60. The van der Waals surface area contributed by atoms with E-state index in [1.165, 1.54) is 16.6 Å². The van der Waals surface area contributed by atoms with E-state index in [0.717, 1.165) is 11.3 Å². The second-order valence-corrected chi connectivity index (χ2v) is 9.71. The van der Waals surface area contributed by atoms with Gasteiger partial charge in [-0.05, 0) is 46.3 Å². The SMILES string of the molecule is O=C(Nc1cc(Br)c[nH]c1=O)C1CCCN(S(=O)(=O)c2cccs2)C1. The van der Waals surface area contributed by atoms with Crippen molar-refractivity contribution in [1.29, 1.82) is 0 Å². The number of thiophene rings is 1. The van der Waals surface area contributed by atoms with Gasteiger partial charge in [-0.25, -0.2) is 8.42 Å². The highest BCUT2D eigenvalue weighted by molar-refractivity contribution is 9.10. The van der Waals surface area contributed by atoms with Gasteiger partial charge in [0.2, 0.25) is 5.91 Å². The van der Waals surface area contributed by atoms with Crippen LogP contribution in [0, 0.1) is 5.92 Å². The molecule has 0 bridgehead atoms. The standard InChI is InChI=1S/C15H16BrN3O4S2/c16-11-7-12(15(21)17-8-11)18-14(20)10-3-1-5-19(9-10)25(22,23)13-4-2-6-24-13/h2,4,6-8,10H,1,3,5,9H2,(H,17,21)(H,18,20). The lowest BCUT2D eigenvalue weighted by Crippen LogP contribution is -2.43. The van der Waals surface area contributed by atoms with E-state index in [1.807, 2.05) is 0 Å². The molecule has 2 aromatic heterocycles. The average Bonchev–Trinajstić information content (AvgIpc) is 3.13. The molecular formula is C15H16BrN3O4S2. The number of aromatic amines is 1. The molecule has 1 saturated heterocycles. The van der Waals surface area contributed by atoms with Gasteiger partial charge >= 0.3 is 0 Å². The molecule has 0 saturated carbocycles. The van der Waals surface area contributed by atoms with Gasteiger partial charge < -0.3 is 10.3 Å². The Morgan fingerprint density at radius 2 is 2.24 bits per heavy atom. The van der Waals surface area contributed by atoms with Crippen molar-refractivity contribution in [1.82, 2.24) is 9.29 Å². The highest BCUT2D eigenvalue weighted by atomic mass is 79.9. The Kier molecular flexibility index (Phi) is 5.42. The number of rotatable bonds is 4. The Labute approximate surface area is 157 Å². The summed E-state index contributed by atoms with van der Waals surface area (Å²) in [6, 6.07) is 4.76. The molecule has 0 aliphatic carbocycles. The summed E-state index contributed by atoms with van der Waals surface area (Å²) in [5, 5.41) is 4.30. The van der Waals surface area contributed by atoms with Gasteiger partial charge in [-0.15, -0.1) is 11.3 Å². The van der Waals surface area contributed by atoms with Crippen LogP contribution in [0.5, 0.6) is 0 Å². The molecule has 0 spiro atoms. The van der Waals surface area contributed by atoms with Gasteiger partial charge in [-0.3, -0.25) is 9.59 Å². The van der Waals surface area contributed by atoms with Crippen LogP contribution in [0.25, 0.3) is 0 Å². The maximum atomic E-state index is 12.6.